The standard InChI is InChI=1S/C28H20N2O7/c1-37-28(36)19-11-5-7-13-21(19)30-27(35)25(33)15-23(31)18-10-4-6-12-20(18)29-22-14-24(32)26(34)17-9-3-2-8-16(17)22/h2-14,29H,15H2,1H3,(H,30,35). The highest BCUT2D eigenvalue weighted by molar-refractivity contribution is 6.50. The number of hydrogen-bond acceptors (Lipinski definition) is 8. The van der Waals surface area contributed by atoms with Gasteiger partial charge in [-0.15, -0.1) is 0 Å². The average Bonchev–Trinajstić information content (AvgIpc) is 2.91. The first kappa shape index (κ1) is 24.9. The first-order valence-corrected chi connectivity index (χ1v) is 11.1. The number of esters is 1. The van der Waals surface area contributed by atoms with Gasteiger partial charge in [-0.2, -0.15) is 0 Å². The predicted octanol–water partition coefficient (Wildman–Crippen LogP) is 3.47. The molecule has 3 aromatic rings. The van der Waals surface area contributed by atoms with Crippen molar-refractivity contribution in [1.82, 2.24) is 0 Å². The van der Waals surface area contributed by atoms with Crippen molar-refractivity contribution in [3.8, 4) is 0 Å². The van der Waals surface area contributed by atoms with Crippen LogP contribution in [-0.4, -0.2) is 42.1 Å². The van der Waals surface area contributed by atoms with Crippen LogP contribution < -0.4 is 10.6 Å². The monoisotopic (exact) mass is 496 g/mol. The quantitative estimate of drug-likeness (QED) is 0.209. The molecule has 9 heteroatoms. The molecule has 0 radical (unpaired) electrons. The summed E-state index contributed by atoms with van der Waals surface area (Å²) in [6.07, 6.45) is 0.418. The second-order valence-electron chi connectivity index (χ2n) is 7.98. The molecule has 2 N–H and O–H groups in total. The number of Topliss-reactive ketones (excluding diaryl/α,β-unsaturated/α-hetero) is 3. The van der Waals surface area contributed by atoms with Crippen LogP contribution in [0.25, 0.3) is 5.70 Å². The molecule has 0 saturated heterocycles. The number of anilines is 2. The second kappa shape index (κ2) is 10.6. The Bertz CT molecular complexity index is 1500. The molecular formula is C28H20N2O7. The second-order valence-corrected chi connectivity index (χ2v) is 7.98. The fourth-order valence-corrected chi connectivity index (χ4v) is 3.80. The number of para-hydroxylation sites is 2. The maximum absolute atomic E-state index is 13.0. The molecule has 0 bridgehead atoms. The Morgan fingerprint density at radius 3 is 2.05 bits per heavy atom. The normalized spacial score (nSPS) is 12.2. The number of amides is 1. The molecule has 0 aliphatic heterocycles. The molecule has 184 valence electrons. The largest absolute Gasteiger partial charge is 0.465 e. The van der Waals surface area contributed by atoms with Crippen LogP contribution in [0.4, 0.5) is 11.4 Å². The van der Waals surface area contributed by atoms with E-state index < -0.39 is 41.4 Å². The number of carbonyl (C=O) groups excluding carboxylic acids is 6. The maximum Gasteiger partial charge on any atom is 0.339 e. The summed E-state index contributed by atoms with van der Waals surface area (Å²) in [5, 5.41) is 5.36. The predicted molar refractivity (Wildman–Crippen MR) is 134 cm³/mol. The van der Waals surface area contributed by atoms with Crippen molar-refractivity contribution in [1.29, 1.82) is 0 Å². The van der Waals surface area contributed by atoms with Crippen molar-refractivity contribution in [3.05, 3.63) is 101 Å². The van der Waals surface area contributed by atoms with E-state index in [-0.39, 0.29) is 22.4 Å². The van der Waals surface area contributed by atoms with E-state index >= 15 is 0 Å². The van der Waals surface area contributed by atoms with Gasteiger partial charge in [0.25, 0.3) is 5.91 Å². The number of methoxy groups -OCH3 is 1. The third-order valence-corrected chi connectivity index (χ3v) is 5.61. The van der Waals surface area contributed by atoms with Gasteiger partial charge in [0.2, 0.25) is 17.3 Å². The number of allylic oxidation sites excluding steroid dienone is 1. The molecule has 0 saturated carbocycles. The Balaban J connectivity index is 1.52. The molecule has 4 rings (SSSR count). The molecule has 0 heterocycles. The third kappa shape index (κ3) is 5.25. The van der Waals surface area contributed by atoms with Gasteiger partial charge in [0.05, 0.1) is 30.5 Å². The zero-order valence-corrected chi connectivity index (χ0v) is 19.6. The molecule has 1 aliphatic rings. The third-order valence-electron chi connectivity index (χ3n) is 5.61. The maximum atomic E-state index is 13.0. The van der Waals surface area contributed by atoms with Gasteiger partial charge in [-0.1, -0.05) is 48.5 Å². The van der Waals surface area contributed by atoms with Crippen LogP contribution in [0.5, 0.6) is 0 Å². The summed E-state index contributed by atoms with van der Waals surface area (Å²) in [4.78, 5) is 74.3. The van der Waals surface area contributed by atoms with Gasteiger partial charge >= 0.3 is 5.97 Å². The van der Waals surface area contributed by atoms with E-state index in [0.29, 0.717) is 16.9 Å². The lowest BCUT2D eigenvalue weighted by atomic mass is 9.92. The Morgan fingerprint density at radius 2 is 1.35 bits per heavy atom. The molecule has 1 aliphatic carbocycles. The van der Waals surface area contributed by atoms with Crippen molar-refractivity contribution < 1.29 is 33.5 Å². The minimum absolute atomic E-state index is 0.0566. The topological polar surface area (TPSA) is 136 Å². The fraction of sp³-hybridized carbons (Fsp3) is 0.0714. The van der Waals surface area contributed by atoms with E-state index in [0.717, 1.165) is 6.08 Å². The smallest absolute Gasteiger partial charge is 0.339 e. The number of ether oxygens (including phenoxy) is 1. The fourth-order valence-electron chi connectivity index (χ4n) is 3.80. The van der Waals surface area contributed by atoms with E-state index in [1.807, 2.05) is 0 Å². The number of hydrogen-bond donors (Lipinski definition) is 2. The number of ketones is 4. The molecule has 0 spiro atoms. The minimum atomic E-state index is -1.07. The number of nitrogens with one attached hydrogen (secondary N) is 2. The summed E-state index contributed by atoms with van der Waals surface area (Å²) < 4.78 is 4.67. The molecule has 3 aromatic carbocycles. The van der Waals surface area contributed by atoms with Crippen molar-refractivity contribution in [2.24, 2.45) is 0 Å². The summed E-state index contributed by atoms with van der Waals surface area (Å²) in [6, 6.07) is 18.9. The summed E-state index contributed by atoms with van der Waals surface area (Å²) in [6.45, 7) is 0. The van der Waals surface area contributed by atoms with Crippen molar-refractivity contribution in [2.75, 3.05) is 17.7 Å². The summed E-state index contributed by atoms with van der Waals surface area (Å²) >= 11 is 0. The van der Waals surface area contributed by atoms with Gasteiger partial charge in [0.1, 0.15) is 0 Å². The van der Waals surface area contributed by atoms with Crippen LogP contribution in [-0.2, 0) is 19.1 Å². The van der Waals surface area contributed by atoms with Crippen LogP contribution >= 0.6 is 0 Å². The van der Waals surface area contributed by atoms with Crippen molar-refractivity contribution >= 4 is 52.1 Å². The lowest BCUT2D eigenvalue weighted by Crippen LogP contribution is -2.26. The number of rotatable bonds is 8. The Morgan fingerprint density at radius 1 is 0.757 bits per heavy atom. The van der Waals surface area contributed by atoms with Crippen LogP contribution in [0.15, 0.2) is 78.9 Å². The molecule has 0 unspecified atom stereocenters. The van der Waals surface area contributed by atoms with Crippen LogP contribution in [0, 0.1) is 0 Å². The van der Waals surface area contributed by atoms with Gasteiger partial charge in [0, 0.05) is 28.5 Å². The number of fused-ring (bicyclic) bond motifs is 1. The van der Waals surface area contributed by atoms with E-state index in [1.54, 1.807) is 48.5 Å². The van der Waals surface area contributed by atoms with Crippen molar-refractivity contribution in [2.45, 2.75) is 6.42 Å². The van der Waals surface area contributed by atoms with Crippen molar-refractivity contribution in [3.63, 3.8) is 0 Å². The van der Waals surface area contributed by atoms with Crippen LogP contribution in [0.2, 0.25) is 0 Å². The minimum Gasteiger partial charge on any atom is -0.465 e. The number of benzene rings is 3. The molecule has 1 amide bonds. The van der Waals surface area contributed by atoms with E-state index in [1.165, 1.54) is 31.4 Å². The van der Waals surface area contributed by atoms with Crippen LogP contribution in [0.3, 0.4) is 0 Å². The van der Waals surface area contributed by atoms with E-state index in [4.69, 9.17) is 0 Å². The zero-order chi connectivity index (χ0) is 26.5. The highest BCUT2D eigenvalue weighted by atomic mass is 16.5. The lowest BCUT2D eigenvalue weighted by Gasteiger charge is -2.19. The highest BCUT2D eigenvalue weighted by Crippen LogP contribution is 2.28. The zero-order valence-electron chi connectivity index (χ0n) is 19.6. The highest BCUT2D eigenvalue weighted by Gasteiger charge is 2.27. The van der Waals surface area contributed by atoms with Gasteiger partial charge in [-0.3, -0.25) is 24.0 Å². The Labute approximate surface area is 211 Å². The summed E-state index contributed by atoms with van der Waals surface area (Å²) in [5.41, 5.74) is 1.59. The summed E-state index contributed by atoms with van der Waals surface area (Å²) in [5.74, 6) is -4.75. The molecule has 0 aromatic heterocycles. The molecule has 0 fully saturated rings. The molecular weight excluding hydrogens is 476 g/mol. The first-order valence-electron chi connectivity index (χ1n) is 11.1. The number of carbonyl (C=O) groups is 6. The molecule has 9 nitrogen and oxygen atoms in total. The Kier molecular flexibility index (Phi) is 7.15. The van der Waals surface area contributed by atoms with Gasteiger partial charge < -0.3 is 15.4 Å². The summed E-state index contributed by atoms with van der Waals surface area (Å²) in [7, 11) is 1.19. The van der Waals surface area contributed by atoms with Gasteiger partial charge in [0.15, 0.2) is 5.78 Å². The lowest BCUT2D eigenvalue weighted by molar-refractivity contribution is -0.134. The SMILES string of the molecule is COC(=O)c1ccccc1NC(=O)C(=O)CC(=O)c1ccccc1NC1=CC(=O)C(=O)c2ccccc21. The average molecular weight is 496 g/mol. The molecule has 37 heavy (non-hydrogen) atoms. The van der Waals surface area contributed by atoms with E-state index in [2.05, 4.69) is 15.4 Å². The van der Waals surface area contributed by atoms with Gasteiger partial charge in [-0.25, -0.2) is 4.79 Å². The van der Waals surface area contributed by atoms with E-state index in [9.17, 15) is 28.8 Å². The molecule has 0 atom stereocenters. The first-order chi connectivity index (χ1) is 17.8. The van der Waals surface area contributed by atoms with Crippen LogP contribution in [0.1, 0.15) is 43.1 Å². The Hall–Kier alpha value is -5.18. The van der Waals surface area contributed by atoms with Gasteiger partial charge in [-0.05, 0) is 24.3 Å².